The number of rotatable bonds is 8. The third-order valence-corrected chi connectivity index (χ3v) is 7.50. The summed E-state index contributed by atoms with van der Waals surface area (Å²) < 4.78 is 5.22. The molecule has 1 saturated carbocycles. The first-order valence-electron chi connectivity index (χ1n) is 13.7. The first-order chi connectivity index (χ1) is 19.0. The van der Waals surface area contributed by atoms with Crippen molar-refractivity contribution in [3.8, 4) is 28.4 Å². The fourth-order valence-electron chi connectivity index (χ4n) is 5.24. The second kappa shape index (κ2) is 12.1. The van der Waals surface area contributed by atoms with Gasteiger partial charge in [0.25, 0.3) is 0 Å². The fourth-order valence-corrected chi connectivity index (χ4v) is 5.24. The maximum absolute atomic E-state index is 13.9. The smallest absolute Gasteiger partial charge is 0.316 e. The van der Waals surface area contributed by atoms with Gasteiger partial charge in [-0.3, -0.25) is 4.79 Å². The molecule has 0 atom stereocenters. The molecule has 0 N–H and O–H groups in total. The predicted octanol–water partition coefficient (Wildman–Crippen LogP) is 7.00. The van der Waals surface area contributed by atoms with Gasteiger partial charge in [0.1, 0.15) is 0 Å². The molecule has 1 heterocycles. The zero-order chi connectivity index (χ0) is 27.2. The van der Waals surface area contributed by atoms with Gasteiger partial charge in [-0.1, -0.05) is 67.8 Å². The van der Waals surface area contributed by atoms with Crippen molar-refractivity contribution < 1.29 is 9.53 Å². The van der Waals surface area contributed by atoms with Gasteiger partial charge >= 0.3 is 6.01 Å². The second-order valence-corrected chi connectivity index (χ2v) is 10.4. The van der Waals surface area contributed by atoms with Crippen LogP contribution in [0.5, 0.6) is 6.01 Å². The van der Waals surface area contributed by atoms with E-state index in [2.05, 4.69) is 63.4 Å². The quantitative estimate of drug-likeness (QED) is 0.250. The van der Waals surface area contributed by atoms with Gasteiger partial charge in [-0.25, -0.2) is 4.98 Å². The van der Waals surface area contributed by atoms with Crippen LogP contribution in [0.1, 0.15) is 37.7 Å². The van der Waals surface area contributed by atoms with E-state index in [9.17, 15) is 4.79 Å². The average molecular weight is 521 g/mol. The molecule has 6 nitrogen and oxygen atoms in total. The average Bonchev–Trinajstić information content (AvgIpc) is 3.00. The first kappa shape index (κ1) is 26.4. The number of carbonyl (C=O) groups is 1. The van der Waals surface area contributed by atoms with Crippen LogP contribution in [0.3, 0.4) is 0 Å². The van der Waals surface area contributed by atoms with E-state index in [-0.39, 0.29) is 11.8 Å². The van der Waals surface area contributed by atoms with Gasteiger partial charge in [-0.05, 0) is 59.9 Å². The molecule has 5 rings (SSSR count). The number of nitrogens with zero attached hydrogens (tertiary/aromatic N) is 4. The largest absolute Gasteiger partial charge is 0.467 e. The Kier molecular flexibility index (Phi) is 8.21. The Morgan fingerprint density at radius 2 is 1.54 bits per heavy atom. The predicted molar refractivity (Wildman–Crippen MR) is 158 cm³/mol. The summed E-state index contributed by atoms with van der Waals surface area (Å²) >= 11 is 0. The standard InChI is InChI=1S/C33H36N4O2/c1-36(2)29-18-16-26(17-19-29)25-14-12-24(13-15-25)23-37(32(38)27-8-5-4-6-9-27)30-11-7-10-28(22-30)31-20-21-34-33(35-31)39-3/h7,10-22,27H,4-6,8-9,23H2,1-3H3. The van der Waals surface area contributed by atoms with Crippen molar-refractivity contribution in [2.45, 2.75) is 38.6 Å². The highest BCUT2D eigenvalue weighted by molar-refractivity contribution is 5.95. The topological polar surface area (TPSA) is 58.6 Å². The summed E-state index contributed by atoms with van der Waals surface area (Å²) in [6.07, 6.45) is 7.05. The summed E-state index contributed by atoms with van der Waals surface area (Å²) in [5.74, 6) is 0.270. The summed E-state index contributed by atoms with van der Waals surface area (Å²) in [6, 6.07) is 27.4. The molecule has 1 fully saturated rings. The van der Waals surface area contributed by atoms with E-state index in [1.165, 1.54) is 17.7 Å². The number of benzene rings is 3. The number of aromatic nitrogens is 2. The highest BCUT2D eigenvalue weighted by atomic mass is 16.5. The van der Waals surface area contributed by atoms with E-state index < -0.39 is 0 Å². The van der Waals surface area contributed by atoms with E-state index in [0.29, 0.717) is 12.6 Å². The lowest BCUT2D eigenvalue weighted by atomic mass is 9.88. The maximum Gasteiger partial charge on any atom is 0.316 e. The lowest BCUT2D eigenvalue weighted by molar-refractivity contribution is -0.123. The zero-order valence-corrected chi connectivity index (χ0v) is 23.0. The van der Waals surface area contributed by atoms with Crippen molar-refractivity contribution in [2.75, 3.05) is 31.0 Å². The maximum atomic E-state index is 13.9. The van der Waals surface area contributed by atoms with Crippen LogP contribution in [0.2, 0.25) is 0 Å². The van der Waals surface area contributed by atoms with E-state index in [0.717, 1.165) is 53.8 Å². The number of anilines is 2. The molecule has 0 radical (unpaired) electrons. The van der Waals surface area contributed by atoms with Gasteiger partial charge in [0, 0.05) is 43.1 Å². The van der Waals surface area contributed by atoms with Crippen molar-refractivity contribution >= 4 is 17.3 Å². The van der Waals surface area contributed by atoms with Crippen molar-refractivity contribution in [1.82, 2.24) is 9.97 Å². The summed E-state index contributed by atoms with van der Waals surface area (Å²) in [4.78, 5) is 26.6. The molecule has 0 bridgehead atoms. The number of carbonyl (C=O) groups excluding carboxylic acids is 1. The van der Waals surface area contributed by atoms with Gasteiger partial charge < -0.3 is 14.5 Å². The molecule has 3 aromatic carbocycles. The number of methoxy groups -OCH3 is 1. The molecule has 1 aliphatic rings. The van der Waals surface area contributed by atoms with Gasteiger partial charge in [0.2, 0.25) is 5.91 Å². The zero-order valence-electron chi connectivity index (χ0n) is 23.0. The number of ether oxygens (including phenoxy) is 1. The van der Waals surface area contributed by atoms with E-state index in [1.807, 2.05) is 49.3 Å². The van der Waals surface area contributed by atoms with E-state index in [4.69, 9.17) is 4.74 Å². The van der Waals surface area contributed by atoms with Crippen LogP contribution in [0, 0.1) is 5.92 Å². The third-order valence-electron chi connectivity index (χ3n) is 7.50. The van der Waals surface area contributed by atoms with Crippen LogP contribution in [0.25, 0.3) is 22.4 Å². The minimum Gasteiger partial charge on any atom is -0.467 e. The summed E-state index contributed by atoms with van der Waals surface area (Å²) in [5, 5.41) is 0. The molecular weight excluding hydrogens is 484 g/mol. The molecule has 6 heteroatoms. The minimum absolute atomic E-state index is 0.0658. The molecule has 1 amide bonds. The summed E-state index contributed by atoms with van der Waals surface area (Å²) in [7, 11) is 5.65. The third kappa shape index (κ3) is 6.28. The number of hydrogen-bond donors (Lipinski definition) is 0. The number of amides is 1. The van der Waals surface area contributed by atoms with Gasteiger partial charge in [0.05, 0.1) is 19.3 Å². The molecule has 0 saturated heterocycles. The van der Waals surface area contributed by atoms with Crippen molar-refractivity contribution in [1.29, 1.82) is 0 Å². The first-order valence-corrected chi connectivity index (χ1v) is 13.7. The molecule has 0 spiro atoms. The summed E-state index contributed by atoms with van der Waals surface area (Å²) in [6.45, 7) is 0.520. The lowest BCUT2D eigenvalue weighted by Crippen LogP contribution is -2.36. The molecule has 1 aromatic heterocycles. The minimum atomic E-state index is 0.0658. The van der Waals surface area contributed by atoms with Crippen LogP contribution < -0.4 is 14.5 Å². The van der Waals surface area contributed by atoms with Crippen LogP contribution >= 0.6 is 0 Å². The van der Waals surface area contributed by atoms with Gasteiger partial charge in [-0.2, -0.15) is 4.98 Å². The SMILES string of the molecule is COc1nccc(-c2cccc(N(Cc3ccc(-c4ccc(N(C)C)cc4)cc3)C(=O)C3CCCCC3)c2)n1. The van der Waals surface area contributed by atoms with Gasteiger partial charge in [0.15, 0.2) is 0 Å². The van der Waals surface area contributed by atoms with Crippen molar-refractivity contribution in [3.63, 3.8) is 0 Å². The molecule has 4 aromatic rings. The van der Waals surface area contributed by atoms with Crippen molar-refractivity contribution in [2.24, 2.45) is 5.92 Å². The summed E-state index contributed by atoms with van der Waals surface area (Å²) in [5.41, 5.74) is 7.18. The Balaban J connectivity index is 1.43. The van der Waals surface area contributed by atoms with E-state index >= 15 is 0 Å². The fraction of sp³-hybridized carbons (Fsp3) is 0.303. The number of hydrogen-bond acceptors (Lipinski definition) is 5. The second-order valence-electron chi connectivity index (χ2n) is 10.4. The van der Waals surface area contributed by atoms with Crippen molar-refractivity contribution in [3.05, 3.63) is 90.6 Å². The van der Waals surface area contributed by atoms with Crippen LogP contribution in [0.4, 0.5) is 11.4 Å². The lowest BCUT2D eigenvalue weighted by Gasteiger charge is -2.30. The molecule has 1 aliphatic carbocycles. The highest BCUT2D eigenvalue weighted by Gasteiger charge is 2.27. The molecule has 200 valence electrons. The Labute approximate surface area is 231 Å². The molecule has 39 heavy (non-hydrogen) atoms. The Morgan fingerprint density at radius 1 is 0.846 bits per heavy atom. The van der Waals surface area contributed by atoms with Crippen LogP contribution in [0.15, 0.2) is 85.1 Å². The molecule has 0 aliphatic heterocycles. The van der Waals surface area contributed by atoms with Gasteiger partial charge in [-0.15, -0.1) is 0 Å². The Hall–Kier alpha value is -4.19. The molecular formula is C33H36N4O2. The van der Waals surface area contributed by atoms with E-state index in [1.54, 1.807) is 13.3 Å². The Bertz CT molecular complexity index is 1390. The highest BCUT2D eigenvalue weighted by Crippen LogP contribution is 2.31. The van der Waals surface area contributed by atoms with Crippen LogP contribution in [-0.2, 0) is 11.3 Å². The molecule has 0 unspecified atom stereocenters. The monoisotopic (exact) mass is 520 g/mol. The normalized spacial score (nSPS) is 13.6. The Morgan fingerprint density at radius 3 is 2.21 bits per heavy atom. The van der Waals surface area contributed by atoms with Crippen LogP contribution in [-0.4, -0.2) is 37.1 Å².